The number of thioether (sulfide) groups is 1. The summed E-state index contributed by atoms with van der Waals surface area (Å²) in [6, 6.07) is 22.7. The van der Waals surface area contributed by atoms with Crippen molar-refractivity contribution < 1.29 is 9.47 Å². The van der Waals surface area contributed by atoms with Gasteiger partial charge in [-0.05, 0) is 53.1 Å². The van der Waals surface area contributed by atoms with Crippen molar-refractivity contribution in [2.45, 2.75) is 10.6 Å². The van der Waals surface area contributed by atoms with E-state index in [2.05, 4.69) is 51.4 Å². The van der Waals surface area contributed by atoms with E-state index in [1.54, 1.807) is 32.2 Å². The van der Waals surface area contributed by atoms with E-state index in [1.165, 1.54) is 0 Å². The quantitative estimate of drug-likeness (QED) is 0.223. The second-order valence-corrected chi connectivity index (χ2v) is 9.62. The fraction of sp³-hybridized carbons (Fsp3) is 0.100. The molecule has 8 heteroatoms. The molecular formula is C30H25N5O2S. The number of rotatable bonds is 8. The second-order valence-electron chi connectivity index (χ2n) is 8.63. The van der Waals surface area contributed by atoms with Crippen LogP contribution in [0.2, 0.25) is 0 Å². The smallest absolute Gasteiger partial charge is 0.136 e. The highest BCUT2D eigenvalue weighted by molar-refractivity contribution is 7.98. The van der Waals surface area contributed by atoms with Gasteiger partial charge in [0.2, 0.25) is 0 Å². The average Bonchev–Trinajstić information content (AvgIpc) is 3.65. The zero-order valence-corrected chi connectivity index (χ0v) is 21.8. The lowest BCUT2D eigenvalue weighted by Crippen LogP contribution is -1.95. The van der Waals surface area contributed by atoms with E-state index in [1.807, 2.05) is 59.8 Å². The van der Waals surface area contributed by atoms with E-state index in [9.17, 15) is 0 Å². The number of hydrogen-bond donors (Lipinski definition) is 1. The zero-order valence-electron chi connectivity index (χ0n) is 21.0. The Morgan fingerprint density at radius 1 is 0.816 bits per heavy atom. The number of H-pyrrole nitrogens is 1. The van der Waals surface area contributed by atoms with Crippen LogP contribution in [0.25, 0.3) is 39.0 Å². The first-order valence-electron chi connectivity index (χ1n) is 12.1. The van der Waals surface area contributed by atoms with E-state index in [-0.39, 0.29) is 0 Å². The first-order chi connectivity index (χ1) is 18.7. The summed E-state index contributed by atoms with van der Waals surface area (Å²) in [6.07, 6.45) is 9.17. The van der Waals surface area contributed by atoms with Crippen molar-refractivity contribution in [1.82, 2.24) is 24.5 Å². The number of aromatic nitrogens is 5. The van der Waals surface area contributed by atoms with Crippen LogP contribution < -0.4 is 9.47 Å². The molecule has 0 saturated heterocycles. The third-order valence-corrected chi connectivity index (χ3v) is 7.49. The predicted molar refractivity (Wildman–Crippen MR) is 151 cm³/mol. The minimum Gasteiger partial charge on any atom is -0.495 e. The molecule has 6 rings (SSSR count). The van der Waals surface area contributed by atoms with Crippen LogP contribution in [0.15, 0.2) is 103 Å². The van der Waals surface area contributed by atoms with E-state index in [4.69, 9.17) is 14.5 Å². The molecule has 0 amide bonds. The molecule has 6 aromatic rings. The molecule has 0 unspecified atom stereocenters. The molecule has 0 aliphatic heterocycles. The van der Waals surface area contributed by atoms with Crippen molar-refractivity contribution in [2.24, 2.45) is 0 Å². The Morgan fingerprint density at radius 2 is 1.53 bits per heavy atom. The molecule has 1 N–H and O–H groups in total. The number of imidazole rings is 2. The van der Waals surface area contributed by atoms with Gasteiger partial charge in [0.05, 0.1) is 47.9 Å². The Bertz CT molecular complexity index is 1660. The molecule has 0 saturated carbocycles. The first-order valence-corrected chi connectivity index (χ1v) is 13.1. The third-order valence-electron chi connectivity index (χ3n) is 6.38. The molecule has 188 valence electrons. The summed E-state index contributed by atoms with van der Waals surface area (Å²) in [5.41, 5.74) is 7.37. The van der Waals surface area contributed by atoms with Gasteiger partial charge in [0.25, 0.3) is 0 Å². The van der Waals surface area contributed by atoms with E-state index >= 15 is 0 Å². The number of nitrogens with zero attached hydrogens (tertiary/aromatic N) is 4. The number of aromatic amines is 1. The molecule has 3 aromatic carbocycles. The Hall–Kier alpha value is -4.56. The predicted octanol–water partition coefficient (Wildman–Crippen LogP) is 6.79. The monoisotopic (exact) mass is 519 g/mol. The standard InChI is InChI=1S/C30H25N5O2S/c1-36-27-4-3-5-28(37-2)30(27)38-18-29-33-24-16-23(26(17-25(24)34-29)35-15-14-32-19-35)22-8-6-20(7-9-22)21-10-12-31-13-11-21/h3-17,19H,18H2,1-2H3,(H,33,34). The minimum atomic E-state index is 0.641. The molecule has 0 atom stereocenters. The second kappa shape index (κ2) is 10.4. The lowest BCUT2D eigenvalue weighted by Gasteiger charge is -2.12. The summed E-state index contributed by atoms with van der Waals surface area (Å²) in [6.45, 7) is 0. The van der Waals surface area contributed by atoms with Crippen LogP contribution in [-0.4, -0.2) is 38.7 Å². The number of fused-ring (bicyclic) bond motifs is 1. The molecule has 38 heavy (non-hydrogen) atoms. The summed E-state index contributed by atoms with van der Waals surface area (Å²) in [5.74, 6) is 3.08. The van der Waals surface area contributed by atoms with Gasteiger partial charge in [-0.25, -0.2) is 9.97 Å². The van der Waals surface area contributed by atoms with Crippen molar-refractivity contribution in [2.75, 3.05) is 14.2 Å². The lowest BCUT2D eigenvalue weighted by atomic mass is 9.99. The van der Waals surface area contributed by atoms with Crippen LogP contribution in [-0.2, 0) is 5.75 Å². The van der Waals surface area contributed by atoms with Crippen molar-refractivity contribution in [3.63, 3.8) is 0 Å². The maximum Gasteiger partial charge on any atom is 0.136 e. The molecule has 0 bridgehead atoms. The number of nitrogens with one attached hydrogen (secondary N) is 1. The van der Waals surface area contributed by atoms with Crippen molar-refractivity contribution in [3.05, 3.63) is 104 Å². The summed E-state index contributed by atoms with van der Waals surface area (Å²) in [4.78, 5) is 17.8. The van der Waals surface area contributed by atoms with Crippen molar-refractivity contribution in [1.29, 1.82) is 0 Å². The van der Waals surface area contributed by atoms with Crippen molar-refractivity contribution >= 4 is 22.8 Å². The fourth-order valence-corrected chi connectivity index (χ4v) is 5.51. The number of hydrogen-bond acceptors (Lipinski definition) is 6. The van der Waals surface area contributed by atoms with Gasteiger partial charge in [-0.3, -0.25) is 4.98 Å². The van der Waals surface area contributed by atoms with Crippen LogP contribution in [0, 0.1) is 0 Å². The summed E-state index contributed by atoms with van der Waals surface area (Å²) in [5, 5.41) is 0. The largest absolute Gasteiger partial charge is 0.495 e. The maximum absolute atomic E-state index is 5.55. The third kappa shape index (κ3) is 4.62. The highest BCUT2D eigenvalue weighted by Gasteiger charge is 2.15. The van der Waals surface area contributed by atoms with Crippen LogP contribution in [0.1, 0.15) is 5.82 Å². The topological polar surface area (TPSA) is 77.8 Å². The van der Waals surface area contributed by atoms with Gasteiger partial charge < -0.3 is 19.0 Å². The molecule has 7 nitrogen and oxygen atoms in total. The van der Waals surface area contributed by atoms with E-state index in [0.717, 1.165) is 61.2 Å². The Labute approximate surface area is 224 Å². The lowest BCUT2D eigenvalue weighted by molar-refractivity contribution is 0.376. The summed E-state index contributed by atoms with van der Waals surface area (Å²) in [7, 11) is 3.34. The van der Waals surface area contributed by atoms with Crippen LogP contribution in [0.5, 0.6) is 11.5 Å². The number of ether oxygens (including phenoxy) is 2. The van der Waals surface area contributed by atoms with Gasteiger partial charge in [0.1, 0.15) is 17.3 Å². The minimum absolute atomic E-state index is 0.641. The highest BCUT2D eigenvalue weighted by atomic mass is 32.2. The highest BCUT2D eigenvalue weighted by Crippen LogP contribution is 2.39. The van der Waals surface area contributed by atoms with Gasteiger partial charge in [0.15, 0.2) is 0 Å². The van der Waals surface area contributed by atoms with E-state index < -0.39 is 0 Å². The maximum atomic E-state index is 5.55. The van der Waals surface area contributed by atoms with Gasteiger partial charge >= 0.3 is 0 Å². The fourth-order valence-electron chi connectivity index (χ4n) is 4.50. The van der Waals surface area contributed by atoms with Crippen LogP contribution >= 0.6 is 11.8 Å². The summed E-state index contributed by atoms with van der Waals surface area (Å²) >= 11 is 1.63. The Kier molecular flexibility index (Phi) is 6.54. The Morgan fingerprint density at radius 3 is 2.21 bits per heavy atom. The number of pyridine rings is 1. The molecule has 0 radical (unpaired) electrons. The normalized spacial score (nSPS) is 11.1. The molecule has 0 spiro atoms. The van der Waals surface area contributed by atoms with E-state index in [0.29, 0.717) is 5.75 Å². The van der Waals surface area contributed by atoms with Gasteiger partial charge in [-0.15, -0.1) is 11.8 Å². The first kappa shape index (κ1) is 23.8. The SMILES string of the molecule is COc1cccc(OC)c1SCc1nc2cc(-n3ccnc3)c(-c3ccc(-c4ccncc4)cc3)cc2[nH]1. The van der Waals surface area contributed by atoms with Crippen LogP contribution in [0.3, 0.4) is 0 Å². The molecule has 0 aliphatic carbocycles. The van der Waals surface area contributed by atoms with Crippen molar-refractivity contribution in [3.8, 4) is 39.4 Å². The van der Waals surface area contributed by atoms with Gasteiger partial charge in [-0.2, -0.15) is 0 Å². The molecule has 0 aliphatic rings. The Balaban J connectivity index is 1.36. The molecule has 3 heterocycles. The summed E-state index contributed by atoms with van der Waals surface area (Å²) < 4.78 is 13.1. The molecule has 0 fully saturated rings. The zero-order chi connectivity index (χ0) is 25.9. The average molecular weight is 520 g/mol. The van der Waals surface area contributed by atoms with Gasteiger partial charge in [-0.1, -0.05) is 30.3 Å². The van der Waals surface area contributed by atoms with Crippen LogP contribution in [0.4, 0.5) is 0 Å². The number of benzene rings is 3. The molecular weight excluding hydrogens is 494 g/mol. The van der Waals surface area contributed by atoms with Gasteiger partial charge in [0, 0.05) is 30.4 Å². The number of methoxy groups -OCH3 is 2. The molecule has 3 aromatic heterocycles.